The maximum absolute atomic E-state index is 5.87. The SMILES string of the molecule is CCNC(=S)N(CCN1CCOCC1)Cc1c(-c2ccccc2)noc1N(C)C(C)C. The van der Waals surface area contributed by atoms with Crippen LogP contribution < -0.4 is 10.2 Å². The molecule has 1 aliphatic rings. The molecule has 0 amide bonds. The van der Waals surface area contributed by atoms with Crippen LogP contribution in [0.15, 0.2) is 34.9 Å². The van der Waals surface area contributed by atoms with E-state index < -0.39 is 0 Å². The molecule has 0 unspecified atom stereocenters. The number of ether oxygens (including phenoxy) is 1. The number of anilines is 1. The van der Waals surface area contributed by atoms with Crippen LogP contribution in [0.2, 0.25) is 0 Å². The predicted molar refractivity (Wildman–Crippen MR) is 129 cm³/mol. The fraction of sp³-hybridized carbons (Fsp3) is 0.565. The zero-order chi connectivity index (χ0) is 22.2. The molecule has 0 radical (unpaired) electrons. The summed E-state index contributed by atoms with van der Waals surface area (Å²) in [6.45, 7) is 13.1. The minimum Gasteiger partial charge on any atom is -0.379 e. The average molecular weight is 446 g/mol. The summed E-state index contributed by atoms with van der Waals surface area (Å²) in [5.74, 6) is 0.796. The summed E-state index contributed by atoms with van der Waals surface area (Å²) >= 11 is 5.74. The Kier molecular flexibility index (Phi) is 8.69. The monoisotopic (exact) mass is 445 g/mol. The van der Waals surface area contributed by atoms with E-state index in [0.29, 0.717) is 6.54 Å². The maximum Gasteiger partial charge on any atom is 0.232 e. The standard InChI is InChI=1S/C23H35N5O2S/c1-5-24-23(31)28(12-11-27-13-15-29-16-14-27)17-20-21(19-9-7-6-8-10-19)25-30-22(20)26(4)18(2)3/h6-10,18H,5,11-17H2,1-4H3,(H,24,31). The van der Waals surface area contributed by atoms with Crippen molar-refractivity contribution < 1.29 is 9.26 Å². The highest BCUT2D eigenvalue weighted by Gasteiger charge is 2.25. The number of nitrogens with zero attached hydrogens (tertiary/aromatic N) is 4. The summed E-state index contributed by atoms with van der Waals surface area (Å²) in [7, 11) is 2.05. The van der Waals surface area contributed by atoms with Crippen LogP contribution in [0.5, 0.6) is 0 Å². The normalized spacial score (nSPS) is 14.6. The van der Waals surface area contributed by atoms with Gasteiger partial charge in [0.05, 0.1) is 25.3 Å². The Morgan fingerprint density at radius 3 is 2.58 bits per heavy atom. The zero-order valence-corrected chi connectivity index (χ0v) is 20.0. The van der Waals surface area contributed by atoms with Crippen LogP contribution in [0.25, 0.3) is 11.3 Å². The van der Waals surface area contributed by atoms with Gasteiger partial charge < -0.3 is 24.4 Å². The molecule has 8 heteroatoms. The lowest BCUT2D eigenvalue weighted by Crippen LogP contribution is -2.45. The molecule has 1 aromatic heterocycles. The molecule has 31 heavy (non-hydrogen) atoms. The molecule has 0 bridgehead atoms. The fourth-order valence-electron chi connectivity index (χ4n) is 3.57. The Morgan fingerprint density at radius 2 is 1.94 bits per heavy atom. The number of thiocarbonyl (C=S) groups is 1. The van der Waals surface area contributed by atoms with Crippen LogP contribution in [-0.4, -0.2) is 79.1 Å². The molecule has 2 aromatic rings. The van der Waals surface area contributed by atoms with Crippen molar-refractivity contribution in [2.75, 3.05) is 57.9 Å². The molecule has 0 saturated carbocycles. The van der Waals surface area contributed by atoms with Gasteiger partial charge in [0.1, 0.15) is 5.69 Å². The van der Waals surface area contributed by atoms with Crippen LogP contribution in [0.3, 0.4) is 0 Å². The number of morpholine rings is 1. The smallest absolute Gasteiger partial charge is 0.232 e. The first-order valence-electron chi connectivity index (χ1n) is 11.1. The van der Waals surface area contributed by atoms with Crippen LogP contribution in [0, 0.1) is 0 Å². The van der Waals surface area contributed by atoms with Gasteiger partial charge in [-0.15, -0.1) is 0 Å². The average Bonchev–Trinajstić information content (AvgIpc) is 3.20. The van der Waals surface area contributed by atoms with Gasteiger partial charge in [0.2, 0.25) is 5.88 Å². The van der Waals surface area contributed by atoms with Gasteiger partial charge >= 0.3 is 0 Å². The van der Waals surface area contributed by atoms with Gasteiger partial charge in [-0.2, -0.15) is 0 Å². The second-order valence-electron chi connectivity index (χ2n) is 8.10. The van der Waals surface area contributed by atoms with Crippen molar-refractivity contribution in [1.82, 2.24) is 20.3 Å². The molecule has 1 aliphatic heterocycles. The summed E-state index contributed by atoms with van der Waals surface area (Å²) in [5.41, 5.74) is 2.98. The number of hydrogen-bond donors (Lipinski definition) is 1. The molecular formula is C23H35N5O2S. The molecule has 0 aliphatic carbocycles. The largest absolute Gasteiger partial charge is 0.379 e. The van der Waals surface area contributed by atoms with Crippen molar-refractivity contribution in [1.29, 1.82) is 0 Å². The summed E-state index contributed by atoms with van der Waals surface area (Å²) in [4.78, 5) is 6.79. The number of aromatic nitrogens is 1. The quantitative estimate of drug-likeness (QED) is 0.591. The van der Waals surface area contributed by atoms with Gasteiger partial charge in [0, 0.05) is 51.4 Å². The Bertz CT molecular complexity index is 821. The van der Waals surface area contributed by atoms with Crippen molar-refractivity contribution in [3.05, 3.63) is 35.9 Å². The van der Waals surface area contributed by atoms with Crippen LogP contribution in [-0.2, 0) is 11.3 Å². The summed E-state index contributed by atoms with van der Waals surface area (Å²) in [6.07, 6.45) is 0. The number of rotatable bonds is 9. The molecule has 1 N–H and O–H groups in total. The number of nitrogens with one attached hydrogen (secondary N) is 1. The molecule has 1 aromatic carbocycles. The molecule has 7 nitrogen and oxygen atoms in total. The third kappa shape index (κ3) is 6.18. The minimum atomic E-state index is 0.290. The van der Waals surface area contributed by atoms with E-state index in [1.807, 2.05) is 25.2 Å². The first-order chi connectivity index (χ1) is 15.0. The first kappa shape index (κ1) is 23.5. The third-order valence-corrected chi connectivity index (χ3v) is 6.07. The Hall–Kier alpha value is -2.16. The summed E-state index contributed by atoms with van der Waals surface area (Å²) in [6, 6.07) is 10.5. The van der Waals surface area contributed by atoms with E-state index in [0.717, 1.165) is 73.8 Å². The van der Waals surface area contributed by atoms with Crippen molar-refractivity contribution in [2.24, 2.45) is 0 Å². The van der Waals surface area contributed by atoms with Crippen molar-refractivity contribution in [3.8, 4) is 11.3 Å². The van der Waals surface area contributed by atoms with E-state index in [9.17, 15) is 0 Å². The highest BCUT2D eigenvalue weighted by Crippen LogP contribution is 2.32. The molecule has 3 rings (SSSR count). The van der Waals surface area contributed by atoms with Crippen molar-refractivity contribution in [2.45, 2.75) is 33.4 Å². The first-order valence-corrected chi connectivity index (χ1v) is 11.5. The Balaban J connectivity index is 1.88. The van der Waals surface area contributed by atoms with Crippen molar-refractivity contribution >= 4 is 23.2 Å². The van der Waals surface area contributed by atoms with Crippen LogP contribution >= 0.6 is 12.2 Å². The van der Waals surface area contributed by atoms with Gasteiger partial charge in [0.25, 0.3) is 0 Å². The van der Waals surface area contributed by atoms with Crippen LogP contribution in [0.1, 0.15) is 26.3 Å². The second-order valence-corrected chi connectivity index (χ2v) is 8.48. The topological polar surface area (TPSA) is 57.0 Å². The van der Waals surface area contributed by atoms with E-state index in [-0.39, 0.29) is 6.04 Å². The minimum absolute atomic E-state index is 0.290. The second kappa shape index (κ2) is 11.5. The van der Waals surface area contributed by atoms with E-state index in [2.05, 4.69) is 58.1 Å². The lowest BCUT2D eigenvalue weighted by Gasteiger charge is -2.32. The number of benzene rings is 1. The lowest BCUT2D eigenvalue weighted by atomic mass is 10.1. The van der Waals surface area contributed by atoms with Gasteiger partial charge in [0.15, 0.2) is 5.11 Å². The Morgan fingerprint density at radius 1 is 1.23 bits per heavy atom. The molecule has 2 heterocycles. The lowest BCUT2D eigenvalue weighted by molar-refractivity contribution is 0.0357. The van der Waals surface area contributed by atoms with Crippen LogP contribution in [0.4, 0.5) is 5.88 Å². The van der Waals surface area contributed by atoms with Gasteiger partial charge in [-0.05, 0) is 33.0 Å². The van der Waals surface area contributed by atoms with Gasteiger partial charge in [-0.25, -0.2) is 0 Å². The molecule has 170 valence electrons. The molecule has 1 fully saturated rings. The van der Waals surface area contributed by atoms with E-state index >= 15 is 0 Å². The van der Waals surface area contributed by atoms with Gasteiger partial charge in [-0.3, -0.25) is 4.90 Å². The molecule has 1 saturated heterocycles. The van der Waals surface area contributed by atoms with Gasteiger partial charge in [-0.1, -0.05) is 35.5 Å². The van der Waals surface area contributed by atoms with E-state index in [1.54, 1.807) is 0 Å². The highest BCUT2D eigenvalue weighted by atomic mass is 32.1. The molecular weight excluding hydrogens is 410 g/mol. The Labute approximate surface area is 191 Å². The fourth-order valence-corrected chi connectivity index (χ4v) is 3.87. The predicted octanol–water partition coefficient (Wildman–Crippen LogP) is 3.21. The summed E-state index contributed by atoms with van der Waals surface area (Å²) in [5, 5.41) is 8.55. The van der Waals surface area contributed by atoms with Crippen molar-refractivity contribution in [3.63, 3.8) is 0 Å². The molecule has 0 spiro atoms. The van der Waals surface area contributed by atoms with E-state index in [1.165, 1.54) is 0 Å². The number of hydrogen-bond acceptors (Lipinski definition) is 6. The zero-order valence-electron chi connectivity index (χ0n) is 19.1. The maximum atomic E-state index is 5.87. The third-order valence-electron chi connectivity index (χ3n) is 5.66. The summed E-state index contributed by atoms with van der Waals surface area (Å²) < 4.78 is 11.4. The van der Waals surface area contributed by atoms with E-state index in [4.69, 9.17) is 21.5 Å². The highest BCUT2D eigenvalue weighted by molar-refractivity contribution is 7.80. The molecule has 0 atom stereocenters.